The lowest BCUT2D eigenvalue weighted by Crippen LogP contribution is -2.45. The molecule has 2 amide bonds. The molecule has 1 unspecified atom stereocenters. The number of hydrogen-bond acceptors (Lipinski definition) is 4. The van der Waals surface area contributed by atoms with Crippen molar-refractivity contribution in [2.24, 2.45) is 5.73 Å². The number of rotatable bonds is 3. The number of urea groups is 1. The first-order valence-corrected chi connectivity index (χ1v) is 3.77. The second kappa shape index (κ2) is 5.36. The Hall–Kier alpha value is -1.30. The van der Waals surface area contributed by atoms with Crippen LogP contribution in [-0.2, 0) is 9.53 Å². The molecule has 1 atom stereocenters. The van der Waals surface area contributed by atoms with Crippen LogP contribution in [0.3, 0.4) is 0 Å². The number of nitrogens with two attached hydrogens (primary N) is 1. The number of carbonyl (C=O) groups is 2. The van der Waals surface area contributed by atoms with E-state index in [1.807, 2.05) is 0 Å². The number of carbonyl (C=O) groups excluding carboxylic acids is 2. The molecule has 0 aliphatic heterocycles. The average Bonchev–Trinajstić information content (AvgIpc) is 2.11. The van der Waals surface area contributed by atoms with Gasteiger partial charge in [-0.2, -0.15) is 0 Å². The molecule has 0 aromatic rings. The third-order valence-electron chi connectivity index (χ3n) is 1.38. The quantitative estimate of drug-likeness (QED) is 0.544. The first-order valence-electron chi connectivity index (χ1n) is 3.77. The molecular formula is C7H15N3O3. The number of nitrogens with zero attached hydrogens (tertiary/aromatic N) is 1. The SMILES string of the molecule is COC(=O)C(N)CNC(=O)N(C)C. The lowest BCUT2D eigenvalue weighted by Gasteiger charge is -2.14. The van der Waals surface area contributed by atoms with Crippen molar-refractivity contribution in [2.75, 3.05) is 27.7 Å². The molecule has 0 radical (unpaired) electrons. The van der Waals surface area contributed by atoms with E-state index in [2.05, 4.69) is 10.1 Å². The molecule has 0 bridgehead atoms. The number of nitrogens with one attached hydrogen (secondary N) is 1. The van der Waals surface area contributed by atoms with E-state index in [0.29, 0.717) is 0 Å². The van der Waals surface area contributed by atoms with Crippen LogP contribution in [0.15, 0.2) is 0 Å². The number of esters is 1. The normalized spacial score (nSPS) is 11.7. The fourth-order valence-electron chi connectivity index (χ4n) is 0.590. The highest BCUT2D eigenvalue weighted by Crippen LogP contribution is 1.83. The zero-order valence-corrected chi connectivity index (χ0v) is 8.03. The third kappa shape index (κ3) is 4.32. The first kappa shape index (κ1) is 11.7. The van der Waals surface area contributed by atoms with Gasteiger partial charge in [0.1, 0.15) is 6.04 Å². The Bertz CT molecular complexity index is 193. The summed E-state index contributed by atoms with van der Waals surface area (Å²) in [6.45, 7) is 0.0731. The Kier molecular flexibility index (Phi) is 4.83. The summed E-state index contributed by atoms with van der Waals surface area (Å²) in [5.74, 6) is -0.543. The van der Waals surface area contributed by atoms with Gasteiger partial charge in [0.05, 0.1) is 7.11 Å². The van der Waals surface area contributed by atoms with E-state index in [0.717, 1.165) is 0 Å². The van der Waals surface area contributed by atoms with Crippen molar-refractivity contribution in [1.29, 1.82) is 0 Å². The summed E-state index contributed by atoms with van der Waals surface area (Å²) in [5.41, 5.74) is 5.37. The number of ether oxygens (including phenoxy) is 1. The molecule has 0 spiro atoms. The van der Waals surface area contributed by atoms with Gasteiger partial charge in [0.25, 0.3) is 0 Å². The number of amides is 2. The Labute approximate surface area is 77.0 Å². The van der Waals surface area contributed by atoms with Gasteiger partial charge in [-0.25, -0.2) is 4.79 Å². The van der Waals surface area contributed by atoms with E-state index in [9.17, 15) is 9.59 Å². The highest BCUT2D eigenvalue weighted by molar-refractivity contribution is 5.78. The maximum Gasteiger partial charge on any atom is 0.324 e. The molecule has 76 valence electrons. The molecule has 0 saturated carbocycles. The summed E-state index contributed by atoms with van der Waals surface area (Å²) >= 11 is 0. The highest BCUT2D eigenvalue weighted by Gasteiger charge is 2.14. The van der Waals surface area contributed by atoms with E-state index in [1.165, 1.54) is 12.0 Å². The molecule has 0 fully saturated rings. The van der Waals surface area contributed by atoms with Crippen LogP contribution in [-0.4, -0.2) is 50.7 Å². The van der Waals surface area contributed by atoms with Gasteiger partial charge in [0, 0.05) is 20.6 Å². The summed E-state index contributed by atoms with van der Waals surface area (Å²) in [4.78, 5) is 23.1. The zero-order chi connectivity index (χ0) is 10.4. The molecule has 0 aliphatic rings. The Morgan fingerprint density at radius 1 is 1.54 bits per heavy atom. The second-order valence-corrected chi connectivity index (χ2v) is 2.71. The molecular weight excluding hydrogens is 174 g/mol. The lowest BCUT2D eigenvalue weighted by atomic mass is 10.3. The summed E-state index contributed by atoms with van der Waals surface area (Å²) < 4.78 is 4.38. The molecule has 0 heterocycles. The number of hydrogen-bond donors (Lipinski definition) is 2. The Morgan fingerprint density at radius 3 is 2.46 bits per heavy atom. The smallest absolute Gasteiger partial charge is 0.324 e. The fraction of sp³-hybridized carbons (Fsp3) is 0.714. The first-order chi connectivity index (χ1) is 5.99. The molecule has 6 nitrogen and oxygen atoms in total. The van der Waals surface area contributed by atoms with Crippen LogP contribution >= 0.6 is 0 Å². The Morgan fingerprint density at radius 2 is 2.08 bits per heavy atom. The average molecular weight is 189 g/mol. The monoisotopic (exact) mass is 189 g/mol. The minimum atomic E-state index is -0.811. The van der Waals surface area contributed by atoms with Crippen molar-refractivity contribution >= 4 is 12.0 Å². The van der Waals surface area contributed by atoms with E-state index in [1.54, 1.807) is 14.1 Å². The van der Waals surface area contributed by atoms with Crippen LogP contribution in [0.4, 0.5) is 4.79 Å². The van der Waals surface area contributed by atoms with Crippen LogP contribution in [0.2, 0.25) is 0 Å². The molecule has 0 aromatic carbocycles. The van der Waals surface area contributed by atoms with Gasteiger partial charge in [-0.05, 0) is 0 Å². The maximum absolute atomic E-state index is 11.0. The predicted octanol–water partition coefficient (Wildman–Crippen LogP) is -1.24. The summed E-state index contributed by atoms with van der Waals surface area (Å²) in [7, 11) is 4.44. The summed E-state index contributed by atoms with van der Waals surface area (Å²) in [6.07, 6.45) is 0. The van der Waals surface area contributed by atoms with Crippen LogP contribution in [0.5, 0.6) is 0 Å². The summed E-state index contributed by atoms with van der Waals surface area (Å²) in [6, 6.07) is -1.10. The standard InChI is InChI=1S/C7H15N3O3/c1-10(2)7(12)9-4-5(8)6(11)13-3/h5H,4,8H2,1-3H3,(H,9,12). The van der Waals surface area contributed by atoms with Crippen LogP contribution in [0, 0.1) is 0 Å². The number of methoxy groups -OCH3 is 1. The zero-order valence-electron chi connectivity index (χ0n) is 8.03. The largest absolute Gasteiger partial charge is 0.468 e. The lowest BCUT2D eigenvalue weighted by molar-refractivity contribution is -0.141. The van der Waals surface area contributed by atoms with E-state index < -0.39 is 12.0 Å². The van der Waals surface area contributed by atoms with Crippen molar-refractivity contribution in [2.45, 2.75) is 6.04 Å². The molecule has 13 heavy (non-hydrogen) atoms. The van der Waals surface area contributed by atoms with Crippen LogP contribution in [0.1, 0.15) is 0 Å². The van der Waals surface area contributed by atoms with Crippen LogP contribution < -0.4 is 11.1 Å². The summed E-state index contributed by atoms with van der Waals surface area (Å²) in [5, 5.41) is 2.46. The van der Waals surface area contributed by atoms with Crippen molar-refractivity contribution in [3.8, 4) is 0 Å². The Balaban J connectivity index is 3.76. The second-order valence-electron chi connectivity index (χ2n) is 2.71. The van der Waals surface area contributed by atoms with E-state index >= 15 is 0 Å². The van der Waals surface area contributed by atoms with Gasteiger partial charge in [-0.3, -0.25) is 4.79 Å². The topological polar surface area (TPSA) is 84.7 Å². The molecule has 0 aromatic heterocycles. The van der Waals surface area contributed by atoms with E-state index in [-0.39, 0.29) is 12.6 Å². The van der Waals surface area contributed by atoms with Gasteiger partial charge in [-0.1, -0.05) is 0 Å². The minimum absolute atomic E-state index is 0.0731. The van der Waals surface area contributed by atoms with Crippen molar-refractivity contribution < 1.29 is 14.3 Å². The van der Waals surface area contributed by atoms with Crippen molar-refractivity contribution in [1.82, 2.24) is 10.2 Å². The van der Waals surface area contributed by atoms with Gasteiger partial charge >= 0.3 is 12.0 Å². The maximum atomic E-state index is 11.0. The van der Waals surface area contributed by atoms with Crippen molar-refractivity contribution in [3.05, 3.63) is 0 Å². The minimum Gasteiger partial charge on any atom is -0.468 e. The highest BCUT2D eigenvalue weighted by atomic mass is 16.5. The molecule has 6 heteroatoms. The molecule has 3 N–H and O–H groups in total. The van der Waals surface area contributed by atoms with Gasteiger partial charge in [0.2, 0.25) is 0 Å². The van der Waals surface area contributed by atoms with Gasteiger partial charge in [-0.15, -0.1) is 0 Å². The van der Waals surface area contributed by atoms with E-state index in [4.69, 9.17) is 5.73 Å². The van der Waals surface area contributed by atoms with Gasteiger partial charge in [0.15, 0.2) is 0 Å². The predicted molar refractivity (Wildman–Crippen MR) is 47.1 cm³/mol. The van der Waals surface area contributed by atoms with Crippen molar-refractivity contribution in [3.63, 3.8) is 0 Å². The molecule has 0 aliphatic carbocycles. The van der Waals surface area contributed by atoms with Crippen LogP contribution in [0.25, 0.3) is 0 Å². The van der Waals surface area contributed by atoms with Gasteiger partial charge < -0.3 is 20.7 Å². The fourth-order valence-corrected chi connectivity index (χ4v) is 0.590. The third-order valence-corrected chi connectivity index (χ3v) is 1.38. The molecule has 0 rings (SSSR count). The molecule has 0 saturated heterocycles.